The van der Waals surface area contributed by atoms with Crippen molar-refractivity contribution >= 4 is 28.9 Å². The van der Waals surface area contributed by atoms with Crippen molar-refractivity contribution in [3.8, 4) is 5.75 Å². The molecule has 0 aliphatic heterocycles. The molecule has 0 radical (unpaired) electrons. The second-order valence-corrected chi connectivity index (χ2v) is 5.82. The number of hydrogen-bond acceptors (Lipinski definition) is 3. The highest BCUT2D eigenvalue weighted by Crippen LogP contribution is 2.24. The highest BCUT2D eigenvalue weighted by atomic mass is 35.5. The van der Waals surface area contributed by atoms with Crippen LogP contribution < -0.4 is 15.4 Å². The van der Waals surface area contributed by atoms with E-state index in [1.54, 1.807) is 25.1 Å². The van der Waals surface area contributed by atoms with E-state index >= 15 is 0 Å². The molecule has 0 bridgehead atoms. The van der Waals surface area contributed by atoms with Gasteiger partial charge in [0.15, 0.2) is 0 Å². The zero-order valence-electron chi connectivity index (χ0n) is 13.4. The van der Waals surface area contributed by atoms with Gasteiger partial charge in [-0.3, -0.25) is 4.79 Å². The fourth-order valence-corrected chi connectivity index (χ4v) is 2.21. The van der Waals surface area contributed by atoms with E-state index in [1.165, 1.54) is 24.3 Å². The number of halogens is 4. The molecule has 4 nitrogen and oxygen atoms in total. The van der Waals surface area contributed by atoms with Crippen molar-refractivity contribution in [2.75, 3.05) is 10.6 Å². The number of benzene rings is 2. The third-order valence-electron chi connectivity index (χ3n) is 3.32. The number of carbonyl (C=O) groups excluding carboxylic acids is 1. The van der Waals surface area contributed by atoms with Crippen molar-refractivity contribution in [1.82, 2.24) is 0 Å². The summed E-state index contributed by atoms with van der Waals surface area (Å²) in [5.74, 6) is -0.634. The molecule has 2 rings (SSSR count). The molecule has 0 spiro atoms. The van der Waals surface area contributed by atoms with Crippen molar-refractivity contribution in [2.45, 2.75) is 26.3 Å². The second-order valence-electron chi connectivity index (χ2n) is 5.39. The second kappa shape index (κ2) is 7.65. The lowest BCUT2D eigenvalue weighted by Gasteiger charge is -2.17. The summed E-state index contributed by atoms with van der Waals surface area (Å²) in [5.41, 5.74) is 1.94. The molecule has 0 unspecified atom stereocenters. The van der Waals surface area contributed by atoms with E-state index in [0.29, 0.717) is 16.4 Å². The van der Waals surface area contributed by atoms with Gasteiger partial charge >= 0.3 is 6.36 Å². The Morgan fingerprint density at radius 2 is 1.80 bits per heavy atom. The van der Waals surface area contributed by atoms with E-state index in [4.69, 9.17) is 11.6 Å². The highest BCUT2D eigenvalue weighted by Gasteiger charge is 2.31. The summed E-state index contributed by atoms with van der Waals surface area (Å²) in [4.78, 5) is 12.2. The van der Waals surface area contributed by atoms with Crippen LogP contribution in [0.1, 0.15) is 12.5 Å². The summed E-state index contributed by atoms with van der Waals surface area (Å²) < 4.78 is 40.2. The topological polar surface area (TPSA) is 50.4 Å². The largest absolute Gasteiger partial charge is 0.573 e. The van der Waals surface area contributed by atoms with E-state index in [0.717, 1.165) is 5.56 Å². The summed E-state index contributed by atoms with van der Waals surface area (Å²) in [6.45, 7) is 3.47. The molecule has 25 heavy (non-hydrogen) atoms. The first kappa shape index (κ1) is 18.9. The van der Waals surface area contributed by atoms with Crippen molar-refractivity contribution in [3.63, 3.8) is 0 Å². The first-order chi connectivity index (χ1) is 11.6. The summed E-state index contributed by atoms with van der Waals surface area (Å²) in [5, 5.41) is 6.16. The number of alkyl halides is 3. The Kier molecular flexibility index (Phi) is 5.79. The molecule has 1 atom stereocenters. The molecule has 2 N–H and O–H groups in total. The average Bonchev–Trinajstić information content (AvgIpc) is 2.51. The first-order valence-corrected chi connectivity index (χ1v) is 7.71. The molecule has 2 aromatic rings. The summed E-state index contributed by atoms with van der Waals surface area (Å²) in [6, 6.07) is 9.67. The Bertz CT molecular complexity index is 749. The van der Waals surface area contributed by atoms with Crippen LogP contribution >= 0.6 is 11.6 Å². The van der Waals surface area contributed by atoms with Crippen LogP contribution in [0.3, 0.4) is 0 Å². The molecule has 0 fully saturated rings. The molecule has 2 aromatic carbocycles. The molecule has 134 valence electrons. The van der Waals surface area contributed by atoms with Crippen LogP contribution in [0, 0.1) is 6.92 Å². The SMILES string of the molecule is Cc1ccc(Cl)cc1NC(=O)[C@H](C)Nc1ccc(OC(F)(F)F)cc1. The zero-order valence-corrected chi connectivity index (χ0v) is 14.2. The van der Waals surface area contributed by atoms with Crippen molar-refractivity contribution in [2.24, 2.45) is 0 Å². The lowest BCUT2D eigenvalue weighted by Crippen LogP contribution is -2.32. The van der Waals surface area contributed by atoms with Crippen LogP contribution in [0.2, 0.25) is 5.02 Å². The number of ether oxygens (including phenoxy) is 1. The molecule has 0 saturated carbocycles. The molecular formula is C17H16ClF3N2O2. The number of rotatable bonds is 5. The smallest absolute Gasteiger partial charge is 0.406 e. The number of anilines is 2. The number of nitrogens with one attached hydrogen (secondary N) is 2. The van der Waals surface area contributed by atoms with Gasteiger partial charge in [0.1, 0.15) is 11.8 Å². The Morgan fingerprint density at radius 1 is 1.16 bits per heavy atom. The summed E-state index contributed by atoms with van der Waals surface area (Å²) in [6.07, 6.45) is -4.74. The van der Waals surface area contributed by atoms with Gasteiger partial charge in [0.05, 0.1) is 0 Å². The van der Waals surface area contributed by atoms with E-state index < -0.39 is 12.4 Å². The lowest BCUT2D eigenvalue weighted by molar-refractivity contribution is -0.274. The van der Waals surface area contributed by atoms with Crippen molar-refractivity contribution < 1.29 is 22.7 Å². The van der Waals surface area contributed by atoms with Crippen LogP contribution in [0.5, 0.6) is 5.75 Å². The first-order valence-electron chi connectivity index (χ1n) is 7.33. The van der Waals surface area contributed by atoms with Gasteiger partial charge < -0.3 is 15.4 Å². The van der Waals surface area contributed by atoms with Crippen LogP contribution in [0.4, 0.5) is 24.5 Å². The molecule has 0 heterocycles. The maximum absolute atomic E-state index is 12.2. The summed E-state index contributed by atoms with van der Waals surface area (Å²) >= 11 is 5.91. The number of amides is 1. The van der Waals surface area contributed by atoms with Gasteiger partial charge in [-0.25, -0.2) is 0 Å². The Hall–Kier alpha value is -2.41. The van der Waals surface area contributed by atoms with Gasteiger partial charge in [-0.15, -0.1) is 13.2 Å². The van der Waals surface area contributed by atoms with Crippen molar-refractivity contribution in [3.05, 3.63) is 53.1 Å². The Morgan fingerprint density at radius 3 is 2.40 bits per heavy atom. The standard InChI is InChI=1S/C17H16ClF3N2O2/c1-10-3-4-12(18)9-15(10)23-16(24)11(2)22-13-5-7-14(8-6-13)25-17(19,20)21/h3-9,11,22H,1-2H3,(H,23,24)/t11-/m0/s1. The van der Waals surface area contributed by atoms with Crippen LogP contribution in [-0.2, 0) is 4.79 Å². The zero-order chi connectivity index (χ0) is 18.6. The van der Waals surface area contributed by atoms with Gasteiger partial charge in [0.25, 0.3) is 0 Å². The minimum atomic E-state index is -4.74. The van der Waals surface area contributed by atoms with E-state index in [9.17, 15) is 18.0 Å². The normalized spacial score (nSPS) is 12.4. The molecule has 0 aliphatic rings. The minimum Gasteiger partial charge on any atom is -0.406 e. The summed E-state index contributed by atoms with van der Waals surface area (Å²) in [7, 11) is 0. The van der Waals surface area contributed by atoms with E-state index in [-0.39, 0.29) is 11.7 Å². The minimum absolute atomic E-state index is 0.305. The number of carbonyl (C=O) groups is 1. The predicted molar refractivity (Wildman–Crippen MR) is 91.0 cm³/mol. The monoisotopic (exact) mass is 372 g/mol. The lowest BCUT2D eigenvalue weighted by atomic mass is 10.2. The molecule has 0 saturated heterocycles. The molecule has 0 aromatic heterocycles. The predicted octanol–water partition coefficient (Wildman–Crippen LogP) is 4.99. The van der Waals surface area contributed by atoms with Gasteiger partial charge in [-0.05, 0) is 55.8 Å². The third-order valence-corrected chi connectivity index (χ3v) is 3.56. The van der Waals surface area contributed by atoms with Crippen LogP contribution in [0.25, 0.3) is 0 Å². The highest BCUT2D eigenvalue weighted by molar-refractivity contribution is 6.31. The van der Waals surface area contributed by atoms with Crippen LogP contribution in [-0.4, -0.2) is 18.3 Å². The maximum Gasteiger partial charge on any atom is 0.573 e. The van der Waals surface area contributed by atoms with E-state index in [1.807, 2.05) is 6.92 Å². The number of hydrogen-bond donors (Lipinski definition) is 2. The molecule has 1 amide bonds. The fourth-order valence-electron chi connectivity index (χ4n) is 2.04. The molecule has 8 heteroatoms. The van der Waals surface area contributed by atoms with Gasteiger partial charge in [0.2, 0.25) is 5.91 Å². The Labute approximate surface area is 147 Å². The van der Waals surface area contributed by atoms with Gasteiger partial charge in [-0.1, -0.05) is 17.7 Å². The van der Waals surface area contributed by atoms with Gasteiger partial charge in [-0.2, -0.15) is 0 Å². The quantitative estimate of drug-likeness (QED) is 0.777. The molecule has 0 aliphatic carbocycles. The Balaban J connectivity index is 1.97. The van der Waals surface area contributed by atoms with Crippen molar-refractivity contribution in [1.29, 1.82) is 0 Å². The molecular weight excluding hydrogens is 357 g/mol. The maximum atomic E-state index is 12.2. The van der Waals surface area contributed by atoms with Crippen LogP contribution in [0.15, 0.2) is 42.5 Å². The number of aryl methyl sites for hydroxylation is 1. The third kappa shape index (κ3) is 5.86. The fraction of sp³-hybridized carbons (Fsp3) is 0.235. The van der Waals surface area contributed by atoms with E-state index in [2.05, 4.69) is 15.4 Å². The average molecular weight is 373 g/mol. The van der Waals surface area contributed by atoms with Gasteiger partial charge in [0, 0.05) is 16.4 Å².